The highest BCUT2D eigenvalue weighted by molar-refractivity contribution is 7.20. The Balaban J connectivity index is 1.52. The Kier molecular flexibility index (Phi) is 5.23. The lowest BCUT2D eigenvalue weighted by atomic mass is 10.1. The molecule has 0 radical (unpaired) electrons. The average Bonchev–Trinajstić information content (AvgIpc) is 3.23. The standard InChI is InChI=1S/C16H21N3OS2/c1-12(16(20)19-7-3-2-4-8-19)17-10-13-11-18-15(22-13)14-6-5-9-21-14/h5-6,9,11-12,17H,2-4,7-8,10H2,1H3/t12-/m0/s1. The first-order valence-electron chi connectivity index (χ1n) is 7.75. The molecule has 1 aliphatic rings. The summed E-state index contributed by atoms with van der Waals surface area (Å²) in [5, 5.41) is 6.46. The van der Waals surface area contributed by atoms with Gasteiger partial charge in [0.05, 0.1) is 10.9 Å². The number of thiazole rings is 1. The Morgan fingerprint density at radius 2 is 2.23 bits per heavy atom. The number of nitrogens with one attached hydrogen (secondary N) is 1. The predicted molar refractivity (Wildman–Crippen MR) is 92.2 cm³/mol. The molecule has 6 heteroatoms. The molecule has 0 bridgehead atoms. The van der Waals surface area contributed by atoms with Gasteiger partial charge in [0.2, 0.25) is 5.91 Å². The van der Waals surface area contributed by atoms with Crippen molar-refractivity contribution in [3.63, 3.8) is 0 Å². The van der Waals surface area contributed by atoms with Crippen molar-refractivity contribution < 1.29 is 4.79 Å². The summed E-state index contributed by atoms with van der Waals surface area (Å²) in [6.45, 7) is 4.48. The van der Waals surface area contributed by atoms with Gasteiger partial charge in [-0.25, -0.2) is 4.98 Å². The number of carbonyl (C=O) groups excluding carboxylic acids is 1. The van der Waals surface area contributed by atoms with Gasteiger partial charge in [0.25, 0.3) is 0 Å². The van der Waals surface area contributed by atoms with Gasteiger partial charge in [0, 0.05) is 30.7 Å². The second kappa shape index (κ2) is 7.35. The molecule has 0 spiro atoms. The van der Waals surface area contributed by atoms with E-state index in [1.165, 1.54) is 16.2 Å². The Hall–Kier alpha value is -1.24. The van der Waals surface area contributed by atoms with Gasteiger partial charge in [-0.2, -0.15) is 0 Å². The minimum Gasteiger partial charge on any atom is -0.341 e. The molecule has 2 aromatic rings. The molecule has 4 nitrogen and oxygen atoms in total. The van der Waals surface area contributed by atoms with E-state index in [1.54, 1.807) is 22.7 Å². The topological polar surface area (TPSA) is 45.2 Å². The van der Waals surface area contributed by atoms with Crippen molar-refractivity contribution in [3.05, 3.63) is 28.6 Å². The molecule has 118 valence electrons. The molecule has 0 aliphatic carbocycles. The number of likely N-dealkylation sites (tertiary alicyclic amines) is 1. The van der Waals surface area contributed by atoms with Crippen LogP contribution in [-0.4, -0.2) is 34.9 Å². The molecular formula is C16H21N3OS2. The molecule has 1 amide bonds. The van der Waals surface area contributed by atoms with Crippen LogP contribution in [0.1, 0.15) is 31.1 Å². The first-order valence-corrected chi connectivity index (χ1v) is 9.44. The minimum atomic E-state index is -0.134. The molecular weight excluding hydrogens is 314 g/mol. The highest BCUT2D eigenvalue weighted by Gasteiger charge is 2.21. The lowest BCUT2D eigenvalue weighted by Crippen LogP contribution is -2.46. The van der Waals surface area contributed by atoms with Crippen LogP contribution in [0.3, 0.4) is 0 Å². The fourth-order valence-corrected chi connectivity index (χ4v) is 4.30. The smallest absolute Gasteiger partial charge is 0.239 e. The average molecular weight is 335 g/mol. The Bertz CT molecular complexity index is 603. The van der Waals surface area contributed by atoms with E-state index in [-0.39, 0.29) is 11.9 Å². The van der Waals surface area contributed by atoms with Crippen molar-refractivity contribution in [3.8, 4) is 9.88 Å². The van der Waals surface area contributed by atoms with Gasteiger partial charge in [-0.1, -0.05) is 6.07 Å². The fraction of sp³-hybridized carbons (Fsp3) is 0.500. The third-order valence-electron chi connectivity index (χ3n) is 3.91. The van der Waals surface area contributed by atoms with Gasteiger partial charge in [0.15, 0.2) is 0 Å². The van der Waals surface area contributed by atoms with Crippen LogP contribution in [0.15, 0.2) is 23.7 Å². The lowest BCUT2D eigenvalue weighted by molar-refractivity contribution is -0.133. The van der Waals surface area contributed by atoms with E-state index < -0.39 is 0 Å². The number of rotatable bonds is 5. The molecule has 0 saturated carbocycles. The van der Waals surface area contributed by atoms with Crippen LogP contribution in [0.25, 0.3) is 9.88 Å². The number of piperidine rings is 1. The third-order valence-corrected chi connectivity index (χ3v) is 5.94. The van der Waals surface area contributed by atoms with Gasteiger partial charge in [0.1, 0.15) is 5.01 Å². The number of aromatic nitrogens is 1. The van der Waals surface area contributed by atoms with Crippen LogP contribution in [0.5, 0.6) is 0 Å². The zero-order valence-corrected chi connectivity index (χ0v) is 14.4. The van der Waals surface area contributed by atoms with Crippen LogP contribution in [0.2, 0.25) is 0 Å². The van der Waals surface area contributed by atoms with Gasteiger partial charge >= 0.3 is 0 Å². The Labute approximate surface area is 139 Å². The van der Waals surface area contributed by atoms with E-state index in [0.29, 0.717) is 6.54 Å². The highest BCUT2D eigenvalue weighted by Crippen LogP contribution is 2.28. The van der Waals surface area contributed by atoms with Gasteiger partial charge in [-0.3, -0.25) is 4.79 Å². The second-order valence-corrected chi connectivity index (χ2v) is 7.66. The first-order chi connectivity index (χ1) is 10.7. The first kappa shape index (κ1) is 15.6. The fourth-order valence-electron chi connectivity index (χ4n) is 2.63. The van der Waals surface area contributed by atoms with Crippen LogP contribution >= 0.6 is 22.7 Å². The summed E-state index contributed by atoms with van der Waals surface area (Å²) < 4.78 is 0. The maximum Gasteiger partial charge on any atom is 0.239 e. The molecule has 1 saturated heterocycles. The molecule has 0 aromatic carbocycles. The monoisotopic (exact) mass is 335 g/mol. The van der Waals surface area contributed by atoms with E-state index in [1.807, 2.05) is 24.1 Å². The SMILES string of the molecule is C[C@H](NCc1cnc(-c2cccs2)s1)C(=O)N1CCCCC1. The number of amides is 1. The maximum atomic E-state index is 12.4. The van der Waals surface area contributed by atoms with Crippen molar-refractivity contribution in [1.29, 1.82) is 0 Å². The third kappa shape index (κ3) is 3.74. The molecule has 1 aliphatic heterocycles. The summed E-state index contributed by atoms with van der Waals surface area (Å²) in [4.78, 5) is 21.2. The molecule has 1 atom stereocenters. The number of hydrogen-bond donors (Lipinski definition) is 1. The maximum absolute atomic E-state index is 12.4. The van der Waals surface area contributed by atoms with Crippen LogP contribution in [0.4, 0.5) is 0 Å². The molecule has 1 N–H and O–H groups in total. The van der Waals surface area contributed by atoms with Crippen molar-refractivity contribution in [2.45, 2.75) is 38.8 Å². The zero-order valence-electron chi connectivity index (χ0n) is 12.7. The number of thiophene rings is 1. The molecule has 1 fully saturated rings. The number of carbonyl (C=O) groups is 1. The Morgan fingerprint density at radius 3 is 2.95 bits per heavy atom. The number of nitrogens with zero attached hydrogens (tertiary/aromatic N) is 2. The van der Waals surface area contributed by atoms with Crippen molar-refractivity contribution in [1.82, 2.24) is 15.2 Å². The van der Waals surface area contributed by atoms with E-state index in [4.69, 9.17) is 0 Å². The summed E-state index contributed by atoms with van der Waals surface area (Å²) in [6.07, 6.45) is 5.43. The molecule has 2 aromatic heterocycles. The van der Waals surface area contributed by atoms with Crippen LogP contribution in [0, 0.1) is 0 Å². The van der Waals surface area contributed by atoms with Crippen molar-refractivity contribution >= 4 is 28.6 Å². The summed E-state index contributed by atoms with van der Waals surface area (Å²) in [7, 11) is 0. The zero-order chi connectivity index (χ0) is 15.4. The van der Waals surface area contributed by atoms with E-state index >= 15 is 0 Å². The summed E-state index contributed by atoms with van der Waals surface area (Å²) in [5.41, 5.74) is 0. The van der Waals surface area contributed by atoms with Crippen LogP contribution < -0.4 is 5.32 Å². The lowest BCUT2D eigenvalue weighted by Gasteiger charge is -2.29. The predicted octanol–water partition coefficient (Wildman–Crippen LogP) is 3.36. The van der Waals surface area contributed by atoms with Crippen LogP contribution in [-0.2, 0) is 11.3 Å². The van der Waals surface area contributed by atoms with E-state index in [9.17, 15) is 4.79 Å². The van der Waals surface area contributed by atoms with Crippen molar-refractivity contribution in [2.24, 2.45) is 0 Å². The Morgan fingerprint density at radius 1 is 1.41 bits per heavy atom. The summed E-state index contributed by atoms with van der Waals surface area (Å²) >= 11 is 3.40. The molecule has 3 heterocycles. The minimum absolute atomic E-state index is 0.134. The van der Waals surface area contributed by atoms with Gasteiger partial charge in [-0.15, -0.1) is 22.7 Å². The summed E-state index contributed by atoms with van der Waals surface area (Å²) in [5.74, 6) is 0.225. The van der Waals surface area contributed by atoms with E-state index in [0.717, 1.165) is 30.9 Å². The van der Waals surface area contributed by atoms with Gasteiger partial charge < -0.3 is 10.2 Å². The normalized spacial score (nSPS) is 16.7. The van der Waals surface area contributed by atoms with Crippen molar-refractivity contribution in [2.75, 3.05) is 13.1 Å². The largest absolute Gasteiger partial charge is 0.341 e. The number of hydrogen-bond acceptors (Lipinski definition) is 5. The second-order valence-electron chi connectivity index (χ2n) is 5.60. The highest BCUT2D eigenvalue weighted by atomic mass is 32.1. The quantitative estimate of drug-likeness (QED) is 0.911. The molecule has 22 heavy (non-hydrogen) atoms. The molecule has 3 rings (SSSR count). The van der Waals surface area contributed by atoms with Gasteiger partial charge in [-0.05, 0) is 37.6 Å². The van der Waals surface area contributed by atoms with E-state index in [2.05, 4.69) is 21.7 Å². The molecule has 0 unspecified atom stereocenters. The summed E-state index contributed by atoms with van der Waals surface area (Å²) in [6, 6.07) is 3.99.